The third-order valence-corrected chi connectivity index (χ3v) is 30.5. The maximum Gasteiger partial charge on any atom is 1.20 e. The van der Waals surface area contributed by atoms with Gasteiger partial charge in [-0.05, 0) is 274 Å². The zero-order valence-electron chi connectivity index (χ0n) is 81.5. The van der Waals surface area contributed by atoms with Crippen LogP contribution in [0.1, 0.15) is 0 Å². The van der Waals surface area contributed by atoms with Gasteiger partial charge in [0, 0.05) is 101 Å². The largest absolute Gasteiger partial charge is 1.20 e. The van der Waals surface area contributed by atoms with E-state index in [1.54, 1.807) is 18.6 Å². The lowest BCUT2D eigenvalue weighted by Gasteiger charge is -2.25. The van der Waals surface area contributed by atoms with Gasteiger partial charge in [-0.15, -0.1) is 0 Å². The Morgan fingerprint density at radius 3 is 0.720 bits per heavy atom. The molecule has 0 amide bonds. The maximum absolute atomic E-state index is 6.41. The van der Waals surface area contributed by atoms with Gasteiger partial charge >= 0.3 is 15.1 Å². The summed E-state index contributed by atoms with van der Waals surface area (Å²) in [6.07, 6.45) is 5.24. The first kappa shape index (κ1) is 89.3. The van der Waals surface area contributed by atoms with Gasteiger partial charge in [0.05, 0.1) is 33.1 Å². The number of para-hydroxylation sites is 9. The molecule has 0 radical (unpaired) electrons. The summed E-state index contributed by atoms with van der Waals surface area (Å²) in [6.45, 7) is 0. The van der Waals surface area contributed by atoms with Crippen molar-refractivity contribution >= 4 is 173 Å². The van der Waals surface area contributed by atoms with Gasteiger partial charge in [0.1, 0.15) is 33.8 Å². The molecule has 704 valence electrons. The van der Waals surface area contributed by atoms with Crippen LogP contribution < -0.4 is 16.3 Å². The minimum Gasteiger partial charge on any atom is -0.576 e. The van der Waals surface area contributed by atoms with Gasteiger partial charge in [-0.1, -0.05) is 376 Å². The predicted molar refractivity (Wildman–Crippen MR) is 626 cm³/mol. The van der Waals surface area contributed by atoms with Crippen molar-refractivity contribution in [3.63, 3.8) is 0 Å². The number of pyridine rings is 3. The first-order valence-electron chi connectivity index (χ1n) is 50.8. The van der Waals surface area contributed by atoms with Crippen LogP contribution in [0.25, 0.3) is 225 Å². The van der Waals surface area contributed by atoms with Gasteiger partial charge in [0.15, 0.2) is 0 Å². The summed E-state index contributed by atoms with van der Waals surface area (Å²) in [6, 6.07) is 192. The molecule has 23 aromatic carbocycles. The van der Waals surface area contributed by atoms with E-state index in [1.165, 1.54) is 181 Å². The second kappa shape index (κ2) is 38.9. The number of rotatable bonds is 18. The third-order valence-electron chi connectivity index (χ3n) is 29.1. The first-order valence-corrected chi connectivity index (χ1v) is 52.2. The van der Waals surface area contributed by atoms with E-state index in [0.29, 0.717) is 17.2 Å². The molecule has 0 saturated carbocycles. The van der Waals surface area contributed by atoms with E-state index in [4.69, 9.17) is 11.4 Å². The van der Waals surface area contributed by atoms with Gasteiger partial charge in [0.25, 0.3) is 0 Å². The Morgan fingerprint density at radius 1 is 0.167 bits per heavy atom. The lowest BCUT2D eigenvalue weighted by molar-refractivity contribution is 0.311. The molecular formula is C139H92AlN7O3. The summed E-state index contributed by atoms with van der Waals surface area (Å²) >= 11 is -2.86. The zero-order valence-corrected chi connectivity index (χ0v) is 82.7. The van der Waals surface area contributed by atoms with Crippen molar-refractivity contribution in [3.8, 4) is 101 Å². The number of hydrogen-bond donors (Lipinski definition) is 0. The Balaban J connectivity index is 0.000000115. The van der Waals surface area contributed by atoms with Crippen molar-refractivity contribution in [1.29, 1.82) is 0 Å². The van der Waals surface area contributed by atoms with Crippen molar-refractivity contribution < 1.29 is 11.4 Å². The molecule has 10 nitrogen and oxygen atoms in total. The predicted octanol–water partition coefficient (Wildman–Crippen LogP) is 36.6. The highest BCUT2D eigenvalue weighted by Gasteiger charge is 2.46. The monoisotopic (exact) mass is 1930 g/mol. The van der Waals surface area contributed by atoms with Gasteiger partial charge in [0.2, 0.25) is 0 Å². The molecule has 0 spiro atoms. The fraction of sp³-hybridized carbons (Fsp3) is 0. The molecule has 0 atom stereocenters. The normalized spacial score (nSPS) is 11.5. The number of anilines is 3. The fourth-order valence-electron chi connectivity index (χ4n) is 22.4. The number of aromatic nitrogens is 6. The summed E-state index contributed by atoms with van der Waals surface area (Å²) < 4.78 is 26.4. The van der Waals surface area contributed by atoms with Crippen LogP contribution in [0.5, 0.6) is 17.2 Å². The highest BCUT2D eigenvalue weighted by molar-refractivity contribution is 6.40. The Hall–Kier alpha value is -19.5. The van der Waals surface area contributed by atoms with Crippen molar-refractivity contribution in [1.82, 2.24) is 28.7 Å². The van der Waals surface area contributed by atoms with E-state index in [-0.39, 0.29) is 0 Å². The van der Waals surface area contributed by atoms with Crippen molar-refractivity contribution in [2.24, 2.45) is 0 Å². The second-order valence-electron chi connectivity index (χ2n) is 37.8. The van der Waals surface area contributed by atoms with Crippen molar-refractivity contribution in [2.75, 3.05) is 4.90 Å². The highest BCUT2D eigenvalue weighted by atomic mass is 27.3. The highest BCUT2D eigenvalue weighted by Crippen LogP contribution is 2.49. The second-order valence-corrected chi connectivity index (χ2v) is 39.1. The van der Waals surface area contributed by atoms with E-state index in [2.05, 4.69) is 482 Å². The van der Waals surface area contributed by atoms with Gasteiger partial charge < -0.3 is 30.0 Å². The van der Waals surface area contributed by atoms with E-state index in [1.807, 2.05) is 91.0 Å². The average molecular weight is 1940 g/mol. The van der Waals surface area contributed by atoms with Crippen LogP contribution >= 0.6 is 0 Å². The molecule has 29 rings (SSSR count). The minimum atomic E-state index is -2.86. The fourth-order valence-corrected chi connectivity index (χ4v) is 23.8. The first-order chi connectivity index (χ1) is 74.4. The molecule has 0 fully saturated rings. The Morgan fingerprint density at radius 2 is 0.400 bits per heavy atom. The van der Waals surface area contributed by atoms with Crippen molar-refractivity contribution in [3.05, 3.63) is 558 Å². The third kappa shape index (κ3) is 16.3. The minimum absolute atomic E-state index is 0.608. The van der Waals surface area contributed by atoms with Crippen LogP contribution in [0.15, 0.2) is 558 Å². The van der Waals surface area contributed by atoms with Crippen LogP contribution in [-0.4, -0.2) is 43.8 Å². The number of fused-ring (bicyclic) bond motifs is 16. The quantitative estimate of drug-likeness (QED) is 0.0625. The van der Waals surface area contributed by atoms with Crippen LogP contribution in [0.3, 0.4) is 0 Å². The van der Waals surface area contributed by atoms with E-state index < -0.39 is 15.1 Å². The maximum atomic E-state index is 6.41. The van der Waals surface area contributed by atoms with E-state index >= 15 is 0 Å². The summed E-state index contributed by atoms with van der Waals surface area (Å²) in [4.78, 5) is 15.8. The molecule has 0 aliphatic heterocycles. The lowest BCUT2D eigenvalue weighted by atomic mass is 9.86. The molecule has 6 aromatic heterocycles. The Kier molecular flexibility index (Phi) is 23.1. The van der Waals surface area contributed by atoms with Gasteiger partial charge in [-0.2, -0.15) is 0 Å². The average Bonchev–Trinajstić information content (AvgIpc) is 0.796. The standard InChI is InChI=1S/C56H36N2.C56H38N2.3C9H7NO.Al/c1-3-15-37(16-4-1)55-45-21-7-9-23-47(45)56(48-24-10-8-22-46(48)55)38-27-31-42(32-28-38)58-52-26-14-12-20-44(52)50-36-40(30-34-54(50)58)39-29-33-53-49(35-39)43-19-11-13-25-51(43)57(53)41-17-5-2-6-18-41;1-4-16-40(17-5-1)55-48-23-10-12-25-50(48)56(51-26-13-11-24-49(51)55)41-30-35-46(36-31-41)58-53-27-15-14-22-47(53)52-38-42(32-37-54(52)58)39-28-33-45(34-29-39)57(43-18-6-2-7-19-43)44-20-8-3-9-21-44;3*11-8-5-1-3-7-4-2-6-10-9(7)8;/h1-36H;1-38H;3*1-6,11H;/q;;;;;+3/p-3. The van der Waals surface area contributed by atoms with Crippen LogP contribution in [-0.2, 0) is 0 Å². The zero-order chi connectivity index (χ0) is 99.3. The Bertz CT molecular complexity index is 9830. The number of benzene rings is 23. The summed E-state index contributed by atoms with van der Waals surface area (Å²) in [5.74, 6) is 1.82. The van der Waals surface area contributed by atoms with Crippen molar-refractivity contribution in [2.45, 2.75) is 0 Å². The smallest absolute Gasteiger partial charge is 0.576 e. The van der Waals surface area contributed by atoms with E-state index in [9.17, 15) is 0 Å². The molecular weight excluding hydrogens is 1840 g/mol. The lowest BCUT2D eigenvalue weighted by Crippen LogP contribution is -2.37. The van der Waals surface area contributed by atoms with Crippen LogP contribution in [0.2, 0.25) is 0 Å². The number of nitrogens with zero attached hydrogens (tertiary/aromatic N) is 7. The molecule has 0 unspecified atom stereocenters. The Labute approximate surface area is 871 Å². The summed E-state index contributed by atoms with van der Waals surface area (Å²) in [5.41, 5.74) is 31.1. The van der Waals surface area contributed by atoms with Gasteiger partial charge in [-0.3, -0.25) is 15.0 Å². The van der Waals surface area contributed by atoms with Crippen LogP contribution in [0.4, 0.5) is 17.1 Å². The topological polar surface area (TPSA) is 84.4 Å². The summed E-state index contributed by atoms with van der Waals surface area (Å²) in [5, 5.41) is 20.6. The van der Waals surface area contributed by atoms with Gasteiger partial charge in [-0.25, -0.2) is 0 Å². The molecule has 11 heteroatoms. The molecule has 0 aliphatic carbocycles. The molecule has 6 heterocycles. The SMILES string of the molecule is c1ccc(-c2c3ccccc3c(-c3ccc(-n4c5ccccc5c5cc(-c6ccc(N(c7ccccc7)c7ccccc7)cc6)ccc54)cc3)c3ccccc23)cc1.c1ccc(-c2c3ccccc3c(-c3ccc(-n4c5ccccc5c5cc(-c6ccc7c(c6)c6ccccc6n7-c6ccccc6)ccc54)cc3)c3ccccc23)cc1.c1cnc2c([O][Al]([O]c3cccc4cccnc34)[O]c3cccc4cccnc34)cccc2c1. The number of hydrogen-bond acceptors (Lipinski definition) is 7. The van der Waals surface area contributed by atoms with Crippen LogP contribution in [0, 0.1) is 0 Å². The summed E-state index contributed by atoms with van der Waals surface area (Å²) in [7, 11) is 0. The molecule has 150 heavy (non-hydrogen) atoms. The molecule has 0 bridgehead atoms. The molecule has 0 N–H and O–H groups in total. The van der Waals surface area contributed by atoms with E-state index in [0.717, 1.165) is 61.1 Å². The molecule has 0 saturated heterocycles. The molecule has 0 aliphatic rings. The molecule has 29 aromatic rings.